The van der Waals surface area contributed by atoms with E-state index < -0.39 is 0 Å². The molecule has 2 saturated heterocycles. The van der Waals surface area contributed by atoms with Crippen LogP contribution >= 0.6 is 0 Å². The molecule has 3 heteroatoms. The number of piperidine rings is 2. The summed E-state index contributed by atoms with van der Waals surface area (Å²) in [6.45, 7) is 4.23. The van der Waals surface area contributed by atoms with Gasteiger partial charge >= 0.3 is 6.09 Å². The Morgan fingerprint density at radius 2 is 1.59 bits per heavy atom. The van der Waals surface area contributed by atoms with Gasteiger partial charge in [0.2, 0.25) is 0 Å². The molecular weight excluding hydrogens is 358 g/mol. The smallest absolute Gasteiger partial charge is 0.410 e. The van der Waals surface area contributed by atoms with Crippen LogP contribution in [0.5, 0.6) is 0 Å². The molecule has 2 bridgehead atoms. The molecule has 1 amide bonds. The summed E-state index contributed by atoms with van der Waals surface area (Å²) in [5.74, 6) is 0.118. The van der Waals surface area contributed by atoms with Crippen molar-refractivity contribution in [2.45, 2.75) is 50.1 Å². The minimum atomic E-state index is -0.140. The Kier molecular flexibility index (Phi) is 4.75. The standard InChI is InChI=1S/C26H27NO2/c1-2-8-18-15-19-9-7-10-20(16-18)27(19)26(28)29-17-25-23-13-5-3-11-21(23)22-12-4-6-14-24(22)25/h2-6,8,11-14,19-20,25H,1,7,9-10,15-17H2. The van der Waals surface area contributed by atoms with Gasteiger partial charge in [-0.15, -0.1) is 0 Å². The minimum absolute atomic E-state index is 0.118. The monoisotopic (exact) mass is 385 g/mol. The Balaban J connectivity index is 1.34. The molecule has 2 aromatic rings. The summed E-state index contributed by atoms with van der Waals surface area (Å²) < 4.78 is 5.96. The molecule has 148 valence electrons. The lowest BCUT2D eigenvalue weighted by Crippen LogP contribution is -2.53. The van der Waals surface area contributed by atoms with Crippen molar-refractivity contribution in [1.82, 2.24) is 4.90 Å². The average Bonchev–Trinajstić information content (AvgIpc) is 3.05. The van der Waals surface area contributed by atoms with E-state index in [4.69, 9.17) is 4.74 Å². The number of benzene rings is 2. The number of fused-ring (bicyclic) bond motifs is 5. The van der Waals surface area contributed by atoms with Crippen molar-refractivity contribution in [1.29, 1.82) is 0 Å². The number of ether oxygens (including phenoxy) is 1. The fraction of sp³-hybridized carbons (Fsp3) is 0.346. The summed E-state index contributed by atoms with van der Waals surface area (Å²) in [5, 5.41) is 0. The normalized spacial score (nSPS) is 22.6. The molecule has 0 saturated carbocycles. The molecule has 0 radical (unpaired) electrons. The van der Waals surface area contributed by atoms with Crippen molar-refractivity contribution in [3.8, 4) is 11.1 Å². The molecule has 2 heterocycles. The van der Waals surface area contributed by atoms with Crippen LogP contribution in [0.4, 0.5) is 4.79 Å². The van der Waals surface area contributed by atoms with Crippen LogP contribution in [0, 0.1) is 0 Å². The zero-order valence-electron chi connectivity index (χ0n) is 16.7. The SMILES string of the molecule is C=CC=C1CC2CCCC(C1)N2C(=O)OCC1c2ccccc2-c2ccccc21. The van der Waals surface area contributed by atoms with Gasteiger partial charge < -0.3 is 9.64 Å². The predicted octanol–water partition coefficient (Wildman–Crippen LogP) is 6.06. The van der Waals surface area contributed by atoms with Gasteiger partial charge in [-0.25, -0.2) is 4.79 Å². The maximum Gasteiger partial charge on any atom is 0.410 e. The molecule has 2 aliphatic heterocycles. The summed E-state index contributed by atoms with van der Waals surface area (Å²) in [7, 11) is 0. The van der Waals surface area contributed by atoms with E-state index in [2.05, 4.69) is 61.2 Å². The average molecular weight is 386 g/mol. The van der Waals surface area contributed by atoms with Gasteiger partial charge in [-0.1, -0.05) is 72.8 Å². The third-order valence-electron chi connectivity index (χ3n) is 6.76. The van der Waals surface area contributed by atoms with Gasteiger partial charge in [-0.05, 0) is 54.4 Å². The number of nitrogens with zero attached hydrogens (tertiary/aromatic N) is 1. The van der Waals surface area contributed by atoms with Crippen LogP contribution in [0.3, 0.4) is 0 Å². The number of allylic oxidation sites excluding steroid dienone is 2. The fourth-order valence-electron chi connectivity index (χ4n) is 5.52. The van der Waals surface area contributed by atoms with E-state index in [0.717, 1.165) is 25.7 Å². The van der Waals surface area contributed by atoms with E-state index in [1.165, 1.54) is 34.2 Å². The summed E-state index contributed by atoms with van der Waals surface area (Å²) in [6, 6.07) is 17.5. The number of rotatable bonds is 3. The zero-order valence-corrected chi connectivity index (χ0v) is 16.7. The highest BCUT2D eigenvalue weighted by Crippen LogP contribution is 2.45. The second-order valence-electron chi connectivity index (χ2n) is 8.42. The van der Waals surface area contributed by atoms with Gasteiger partial charge in [0.15, 0.2) is 0 Å². The van der Waals surface area contributed by atoms with Crippen molar-refractivity contribution in [2.75, 3.05) is 6.61 Å². The Bertz CT molecular complexity index is 915. The Morgan fingerprint density at radius 1 is 1.00 bits per heavy atom. The Morgan fingerprint density at radius 3 is 2.17 bits per heavy atom. The highest BCUT2D eigenvalue weighted by atomic mass is 16.6. The van der Waals surface area contributed by atoms with Crippen molar-refractivity contribution >= 4 is 6.09 Å². The van der Waals surface area contributed by atoms with Crippen LogP contribution in [-0.4, -0.2) is 29.7 Å². The maximum absolute atomic E-state index is 13.1. The van der Waals surface area contributed by atoms with Gasteiger partial charge in [-0.2, -0.15) is 0 Å². The van der Waals surface area contributed by atoms with Crippen molar-refractivity contribution < 1.29 is 9.53 Å². The van der Waals surface area contributed by atoms with Crippen LogP contribution < -0.4 is 0 Å². The zero-order chi connectivity index (χ0) is 19.8. The predicted molar refractivity (Wildman–Crippen MR) is 116 cm³/mol. The molecule has 1 aliphatic carbocycles. The molecule has 5 rings (SSSR count). The molecule has 0 aromatic heterocycles. The lowest BCUT2D eigenvalue weighted by molar-refractivity contribution is 0.0338. The van der Waals surface area contributed by atoms with E-state index in [-0.39, 0.29) is 24.1 Å². The van der Waals surface area contributed by atoms with E-state index in [1.54, 1.807) is 0 Å². The molecule has 0 spiro atoms. The highest BCUT2D eigenvalue weighted by molar-refractivity contribution is 5.79. The third kappa shape index (κ3) is 3.19. The van der Waals surface area contributed by atoms with E-state index >= 15 is 0 Å². The first-order valence-corrected chi connectivity index (χ1v) is 10.7. The Labute approximate surface area is 172 Å². The summed E-state index contributed by atoms with van der Waals surface area (Å²) in [4.78, 5) is 15.2. The molecule has 3 aliphatic rings. The molecule has 3 nitrogen and oxygen atoms in total. The molecule has 2 aromatic carbocycles. The Hall–Kier alpha value is -2.81. The second kappa shape index (κ2) is 7.55. The number of carbonyl (C=O) groups is 1. The lowest BCUT2D eigenvalue weighted by atomic mass is 9.82. The van der Waals surface area contributed by atoms with Gasteiger partial charge in [0.1, 0.15) is 6.61 Å². The maximum atomic E-state index is 13.1. The van der Waals surface area contributed by atoms with Gasteiger partial charge in [-0.3, -0.25) is 0 Å². The molecular formula is C26H27NO2. The molecule has 2 fully saturated rings. The van der Waals surface area contributed by atoms with E-state index in [1.807, 2.05) is 11.0 Å². The van der Waals surface area contributed by atoms with Crippen LogP contribution in [0.2, 0.25) is 0 Å². The second-order valence-corrected chi connectivity index (χ2v) is 8.42. The van der Waals surface area contributed by atoms with Crippen molar-refractivity contribution in [2.24, 2.45) is 0 Å². The first-order chi connectivity index (χ1) is 14.3. The van der Waals surface area contributed by atoms with Gasteiger partial charge in [0.05, 0.1) is 0 Å². The first-order valence-electron chi connectivity index (χ1n) is 10.7. The topological polar surface area (TPSA) is 29.5 Å². The molecule has 2 unspecified atom stereocenters. The van der Waals surface area contributed by atoms with E-state index in [0.29, 0.717) is 6.61 Å². The molecule has 0 N–H and O–H groups in total. The quantitative estimate of drug-likeness (QED) is 0.642. The van der Waals surface area contributed by atoms with Crippen LogP contribution in [0.15, 0.2) is 72.8 Å². The van der Waals surface area contributed by atoms with Crippen molar-refractivity contribution in [3.05, 3.63) is 84.0 Å². The first kappa shape index (κ1) is 18.2. The summed E-state index contributed by atoms with van der Waals surface area (Å²) in [5.41, 5.74) is 6.46. The van der Waals surface area contributed by atoms with Crippen LogP contribution in [-0.2, 0) is 4.74 Å². The van der Waals surface area contributed by atoms with Gasteiger partial charge in [0.25, 0.3) is 0 Å². The van der Waals surface area contributed by atoms with Crippen LogP contribution in [0.25, 0.3) is 11.1 Å². The third-order valence-corrected chi connectivity index (χ3v) is 6.76. The van der Waals surface area contributed by atoms with Crippen molar-refractivity contribution in [3.63, 3.8) is 0 Å². The molecule has 2 atom stereocenters. The molecule has 29 heavy (non-hydrogen) atoms. The number of hydrogen-bond donors (Lipinski definition) is 0. The van der Waals surface area contributed by atoms with Crippen LogP contribution in [0.1, 0.15) is 49.1 Å². The largest absolute Gasteiger partial charge is 0.448 e. The lowest BCUT2D eigenvalue weighted by Gasteiger charge is -2.46. The number of carbonyl (C=O) groups excluding carboxylic acids is 1. The highest BCUT2D eigenvalue weighted by Gasteiger charge is 2.40. The minimum Gasteiger partial charge on any atom is -0.448 e. The number of hydrogen-bond acceptors (Lipinski definition) is 2. The summed E-state index contributed by atoms with van der Waals surface area (Å²) in [6.07, 6.45) is 9.08. The fourth-order valence-corrected chi connectivity index (χ4v) is 5.52. The number of amides is 1. The summed E-state index contributed by atoms with van der Waals surface area (Å²) >= 11 is 0. The van der Waals surface area contributed by atoms with E-state index in [9.17, 15) is 4.79 Å². The van der Waals surface area contributed by atoms with Gasteiger partial charge in [0, 0.05) is 18.0 Å².